The zero-order chi connectivity index (χ0) is 12.4. The predicted octanol–water partition coefficient (Wildman–Crippen LogP) is 1.63. The smallest absolute Gasteiger partial charge is 0.0950 e. The standard InChI is InChI=1S/C13H24N4/c1-10(2)13(14)12-8-17(9-15-12)7-11-5-4-6-16(11)3/h8-11,13H,4-7,14H2,1-3H3/t11-,13+/m1/s1. The highest BCUT2D eigenvalue weighted by atomic mass is 15.2. The molecule has 1 aromatic rings. The number of rotatable bonds is 4. The molecule has 0 radical (unpaired) electrons. The van der Waals surface area contributed by atoms with Crippen molar-refractivity contribution in [1.82, 2.24) is 14.5 Å². The van der Waals surface area contributed by atoms with Gasteiger partial charge >= 0.3 is 0 Å². The van der Waals surface area contributed by atoms with Gasteiger partial charge < -0.3 is 15.2 Å². The van der Waals surface area contributed by atoms with Crippen molar-refractivity contribution in [3.8, 4) is 0 Å². The van der Waals surface area contributed by atoms with E-state index in [-0.39, 0.29) is 6.04 Å². The lowest BCUT2D eigenvalue weighted by Gasteiger charge is -2.19. The van der Waals surface area contributed by atoms with Gasteiger partial charge in [-0.1, -0.05) is 13.8 Å². The van der Waals surface area contributed by atoms with Gasteiger partial charge in [0.25, 0.3) is 0 Å². The Hall–Kier alpha value is -0.870. The van der Waals surface area contributed by atoms with E-state index in [9.17, 15) is 0 Å². The molecule has 1 saturated heterocycles. The fourth-order valence-corrected chi connectivity index (χ4v) is 2.44. The van der Waals surface area contributed by atoms with Crippen molar-refractivity contribution in [3.63, 3.8) is 0 Å². The highest BCUT2D eigenvalue weighted by Gasteiger charge is 2.21. The van der Waals surface area contributed by atoms with Crippen LogP contribution in [0, 0.1) is 5.92 Å². The lowest BCUT2D eigenvalue weighted by Crippen LogP contribution is -2.28. The number of aromatic nitrogens is 2. The summed E-state index contributed by atoms with van der Waals surface area (Å²) in [6, 6.07) is 0.713. The van der Waals surface area contributed by atoms with Crippen LogP contribution in [0.3, 0.4) is 0 Å². The van der Waals surface area contributed by atoms with Crippen molar-refractivity contribution < 1.29 is 0 Å². The van der Waals surface area contributed by atoms with Crippen LogP contribution in [0.15, 0.2) is 12.5 Å². The Kier molecular flexibility index (Phi) is 3.84. The maximum atomic E-state index is 6.10. The molecule has 0 aliphatic carbocycles. The summed E-state index contributed by atoms with van der Waals surface area (Å²) >= 11 is 0. The van der Waals surface area contributed by atoms with Gasteiger partial charge in [0, 0.05) is 18.8 Å². The highest BCUT2D eigenvalue weighted by molar-refractivity contribution is 5.04. The first-order valence-corrected chi connectivity index (χ1v) is 6.55. The SMILES string of the molecule is CC(C)[C@H](N)c1cn(C[C@H]2CCCN2C)cn1. The Morgan fingerprint density at radius 3 is 2.88 bits per heavy atom. The number of likely N-dealkylation sites (N-methyl/N-ethyl adjacent to an activating group) is 1. The van der Waals surface area contributed by atoms with Gasteiger partial charge in [0.05, 0.1) is 18.1 Å². The summed E-state index contributed by atoms with van der Waals surface area (Å²) in [6.07, 6.45) is 6.63. The van der Waals surface area contributed by atoms with Crippen LogP contribution in [0.5, 0.6) is 0 Å². The monoisotopic (exact) mass is 236 g/mol. The van der Waals surface area contributed by atoms with Gasteiger partial charge in [-0.2, -0.15) is 0 Å². The number of nitrogens with zero attached hydrogens (tertiary/aromatic N) is 3. The van der Waals surface area contributed by atoms with Crippen molar-refractivity contribution in [1.29, 1.82) is 0 Å². The highest BCUT2D eigenvalue weighted by Crippen LogP contribution is 2.19. The van der Waals surface area contributed by atoms with E-state index < -0.39 is 0 Å². The molecule has 0 unspecified atom stereocenters. The first kappa shape index (κ1) is 12.6. The predicted molar refractivity (Wildman–Crippen MR) is 69.6 cm³/mol. The molecule has 2 heterocycles. The Labute approximate surface area is 104 Å². The summed E-state index contributed by atoms with van der Waals surface area (Å²) in [5.41, 5.74) is 7.11. The minimum atomic E-state index is 0.0533. The maximum absolute atomic E-state index is 6.10. The van der Waals surface area contributed by atoms with E-state index in [0.717, 1.165) is 12.2 Å². The quantitative estimate of drug-likeness (QED) is 0.864. The average Bonchev–Trinajstić information content (AvgIpc) is 2.88. The van der Waals surface area contributed by atoms with Crippen molar-refractivity contribution in [2.24, 2.45) is 11.7 Å². The summed E-state index contributed by atoms with van der Waals surface area (Å²) < 4.78 is 2.18. The van der Waals surface area contributed by atoms with Crippen molar-refractivity contribution >= 4 is 0 Å². The molecular weight excluding hydrogens is 212 g/mol. The molecule has 17 heavy (non-hydrogen) atoms. The summed E-state index contributed by atoms with van der Waals surface area (Å²) in [7, 11) is 2.20. The number of nitrogens with two attached hydrogens (primary N) is 1. The van der Waals surface area contributed by atoms with Crippen LogP contribution in [0.4, 0.5) is 0 Å². The molecule has 0 bridgehead atoms. The largest absolute Gasteiger partial charge is 0.336 e. The zero-order valence-electron chi connectivity index (χ0n) is 11.1. The van der Waals surface area contributed by atoms with Gasteiger partial charge in [-0.3, -0.25) is 0 Å². The Morgan fingerprint density at radius 1 is 1.53 bits per heavy atom. The third-order valence-corrected chi connectivity index (χ3v) is 3.81. The molecule has 2 N–H and O–H groups in total. The molecule has 4 heteroatoms. The van der Waals surface area contributed by atoms with Gasteiger partial charge in [-0.25, -0.2) is 4.98 Å². The summed E-state index contributed by atoms with van der Waals surface area (Å²) in [5.74, 6) is 0.438. The first-order valence-electron chi connectivity index (χ1n) is 6.55. The average molecular weight is 236 g/mol. The third-order valence-electron chi connectivity index (χ3n) is 3.81. The van der Waals surface area contributed by atoms with Gasteiger partial charge in [0.15, 0.2) is 0 Å². The number of imidazole rings is 1. The van der Waals surface area contributed by atoms with Crippen LogP contribution in [-0.2, 0) is 6.54 Å². The fraction of sp³-hybridized carbons (Fsp3) is 0.769. The van der Waals surface area contributed by atoms with Crippen LogP contribution in [0.2, 0.25) is 0 Å². The van der Waals surface area contributed by atoms with E-state index >= 15 is 0 Å². The molecule has 0 aromatic carbocycles. The molecule has 1 fully saturated rings. The van der Waals surface area contributed by atoms with E-state index in [0.29, 0.717) is 12.0 Å². The second-order valence-corrected chi connectivity index (χ2v) is 5.54. The van der Waals surface area contributed by atoms with Crippen molar-refractivity contribution in [3.05, 3.63) is 18.2 Å². The summed E-state index contributed by atoms with van der Waals surface area (Å²) in [4.78, 5) is 6.86. The van der Waals surface area contributed by atoms with E-state index in [2.05, 4.69) is 41.5 Å². The van der Waals surface area contributed by atoms with E-state index in [4.69, 9.17) is 5.73 Å². The van der Waals surface area contributed by atoms with E-state index in [1.54, 1.807) is 0 Å². The van der Waals surface area contributed by atoms with Gasteiger partial charge in [-0.05, 0) is 32.4 Å². The molecule has 0 spiro atoms. The Bertz CT molecular complexity index is 358. The molecule has 0 saturated carbocycles. The molecule has 2 rings (SSSR count). The summed E-state index contributed by atoms with van der Waals surface area (Å²) in [5, 5.41) is 0. The number of hydrogen-bond acceptors (Lipinski definition) is 3. The van der Waals surface area contributed by atoms with Gasteiger partial charge in [0.1, 0.15) is 0 Å². The van der Waals surface area contributed by atoms with Crippen LogP contribution in [0.1, 0.15) is 38.4 Å². The molecule has 96 valence electrons. The molecule has 2 atom stereocenters. The molecular formula is C13H24N4. The third kappa shape index (κ3) is 2.87. The Morgan fingerprint density at radius 2 is 2.29 bits per heavy atom. The lowest BCUT2D eigenvalue weighted by molar-refractivity contribution is 0.282. The molecule has 4 nitrogen and oxygen atoms in total. The molecule has 1 aromatic heterocycles. The minimum Gasteiger partial charge on any atom is -0.336 e. The van der Waals surface area contributed by atoms with Gasteiger partial charge in [-0.15, -0.1) is 0 Å². The number of likely N-dealkylation sites (tertiary alicyclic amines) is 1. The second kappa shape index (κ2) is 5.19. The fourth-order valence-electron chi connectivity index (χ4n) is 2.44. The van der Waals surface area contributed by atoms with Gasteiger partial charge in [0.2, 0.25) is 0 Å². The van der Waals surface area contributed by atoms with Crippen LogP contribution < -0.4 is 5.73 Å². The normalized spacial score (nSPS) is 23.5. The molecule has 1 aliphatic heterocycles. The van der Waals surface area contributed by atoms with Crippen molar-refractivity contribution in [2.45, 2.75) is 45.3 Å². The topological polar surface area (TPSA) is 47.1 Å². The molecule has 1 aliphatic rings. The number of hydrogen-bond donors (Lipinski definition) is 1. The zero-order valence-corrected chi connectivity index (χ0v) is 11.1. The summed E-state index contributed by atoms with van der Waals surface area (Å²) in [6.45, 7) is 6.52. The van der Waals surface area contributed by atoms with Crippen molar-refractivity contribution in [2.75, 3.05) is 13.6 Å². The van der Waals surface area contributed by atoms with Crippen LogP contribution in [-0.4, -0.2) is 34.1 Å². The molecule has 0 amide bonds. The van der Waals surface area contributed by atoms with E-state index in [1.807, 2.05) is 6.33 Å². The van der Waals surface area contributed by atoms with Crippen LogP contribution in [0.25, 0.3) is 0 Å². The van der Waals surface area contributed by atoms with Crippen LogP contribution >= 0.6 is 0 Å². The van der Waals surface area contributed by atoms with E-state index in [1.165, 1.54) is 19.4 Å². The Balaban J connectivity index is 1.98. The first-order chi connectivity index (χ1) is 8.08. The minimum absolute atomic E-state index is 0.0533. The second-order valence-electron chi connectivity index (χ2n) is 5.54. The lowest BCUT2D eigenvalue weighted by atomic mass is 10.0. The maximum Gasteiger partial charge on any atom is 0.0950 e.